The van der Waals surface area contributed by atoms with Crippen molar-refractivity contribution in [2.75, 3.05) is 19.6 Å². The van der Waals surface area contributed by atoms with Crippen LogP contribution in [0.15, 0.2) is 29.3 Å². The van der Waals surface area contributed by atoms with Crippen LogP contribution in [0.25, 0.3) is 0 Å². The SMILES string of the molecule is Cc1ccccc1CCN=C(N)N1CCCCC1.I. The Morgan fingerprint density at radius 1 is 1.21 bits per heavy atom. The van der Waals surface area contributed by atoms with Crippen LogP contribution in [0.4, 0.5) is 0 Å². The van der Waals surface area contributed by atoms with Gasteiger partial charge >= 0.3 is 0 Å². The molecule has 0 aromatic heterocycles. The summed E-state index contributed by atoms with van der Waals surface area (Å²) in [5, 5.41) is 0. The highest BCUT2D eigenvalue weighted by Gasteiger charge is 2.11. The Labute approximate surface area is 133 Å². The molecule has 0 aliphatic carbocycles. The molecule has 1 aliphatic rings. The van der Waals surface area contributed by atoms with E-state index in [0.717, 1.165) is 32.0 Å². The molecule has 3 nitrogen and oxygen atoms in total. The number of nitrogens with two attached hydrogens (primary N) is 1. The van der Waals surface area contributed by atoms with Gasteiger partial charge in [-0.2, -0.15) is 0 Å². The molecule has 1 aromatic carbocycles. The summed E-state index contributed by atoms with van der Waals surface area (Å²) in [5.41, 5.74) is 8.73. The Kier molecular flexibility index (Phi) is 7.20. The lowest BCUT2D eigenvalue weighted by molar-refractivity contribution is 0.338. The largest absolute Gasteiger partial charge is 0.370 e. The molecule has 0 radical (unpaired) electrons. The average Bonchev–Trinajstić information content (AvgIpc) is 2.42. The van der Waals surface area contributed by atoms with E-state index in [9.17, 15) is 0 Å². The lowest BCUT2D eigenvalue weighted by atomic mass is 10.1. The maximum Gasteiger partial charge on any atom is 0.191 e. The van der Waals surface area contributed by atoms with Crippen LogP contribution in [-0.2, 0) is 6.42 Å². The summed E-state index contributed by atoms with van der Waals surface area (Å²) >= 11 is 0. The lowest BCUT2D eigenvalue weighted by Crippen LogP contribution is -2.41. The second-order valence-electron chi connectivity index (χ2n) is 4.96. The van der Waals surface area contributed by atoms with Gasteiger partial charge in [-0.15, -0.1) is 24.0 Å². The van der Waals surface area contributed by atoms with Crippen molar-refractivity contribution in [3.63, 3.8) is 0 Å². The molecule has 19 heavy (non-hydrogen) atoms. The van der Waals surface area contributed by atoms with Crippen molar-refractivity contribution < 1.29 is 0 Å². The van der Waals surface area contributed by atoms with Crippen molar-refractivity contribution in [2.45, 2.75) is 32.6 Å². The maximum atomic E-state index is 6.03. The third kappa shape index (κ3) is 5.01. The smallest absolute Gasteiger partial charge is 0.191 e. The fourth-order valence-electron chi connectivity index (χ4n) is 2.40. The highest BCUT2D eigenvalue weighted by molar-refractivity contribution is 14.0. The Morgan fingerprint density at radius 3 is 2.58 bits per heavy atom. The van der Waals surface area contributed by atoms with Gasteiger partial charge in [0, 0.05) is 19.6 Å². The number of rotatable bonds is 3. The van der Waals surface area contributed by atoms with Crippen molar-refractivity contribution in [2.24, 2.45) is 10.7 Å². The summed E-state index contributed by atoms with van der Waals surface area (Å²) in [6, 6.07) is 8.47. The maximum absolute atomic E-state index is 6.03. The van der Waals surface area contributed by atoms with Crippen molar-refractivity contribution >= 4 is 29.9 Å². The first kappa shape index (κ1) is 16.3. The molecule has 1 saturated heterocycles. The molecular weight excluding hydrogens is 349 g/mol. The molecule has 106 valence electrons. The van der Waals surface area contributed by atoms with Crippen LogP contribution in [0.2, 0.25) is 0 Å². The zero-order valence-corrected chi connectivity index (χ0v) is 14.0. The first-order valence-electron chi connectivity index (χ1n) is 6.87. The van der Waals surface area contributed by atoms with Crippen LogP contribution < -0.4 is 5.73 Å². The zero-order valence-electron chi connectivity index (χ0n) is 11.6. The molecule has 0 unspecified atom stereocenters. The summed E-state index contributed by atoms with van der Waals surface area (Å²) in [6.45, 7) is 5.07. The van der Waals surface area contributed by atoms with Crippen LogP contribution in [0.1, 0.15) is 30.4 Å². The molecule has 2 N–H and O–H groups in total. The van der Waals surface area contributed by atoms with Gasteiger partial charge in [-0.1, -0.05) is 24.3 Å². The monoisotopic (exact) mass is 373 g/mol. The van der Waals surface area contributed by atoms with Gasteiger partial charge < -0.3 is 10.6 Å². The first-order valence-corrected chi connectivity index (χ1v) is 6.87. The number of piperidine rings is 1. The van der Waals surface area contributed by atoms with Gasteiger partial charge in [-0.05, 0) is 43.7 Å². The van der Waals surface area contributed by atoms with Crippen LogP contribution in [0, 0.1) is 6.92 Å². The van der Waals surface area contributed by atoms with Gasteiger partial charge in [0.2, 0.25) is 0 Å². The number of aliphatic imine (C=N–C) groups is 1. The third-order valence-corrected chi connectivity index (χ3v) is 3.60. The van der Waals surface area contributed by atoms with Crippen molar-refractivity contribution in [3.8, 4) is 0 Å². The standard InChI is InChI=1S/C15H23N3.HI/c1-13-7-3-4-8-14(13)9-10-17-15(16)18-11-5-2-6-12-18;/h3-4,7-8H,2,5-6,9-12H2,1H3,(H2,16,17);1H. The summed E-state index contributed by atoms with van der Waals surface area (Å²) in [6.07, 6.45) is 4.79. The number of hydrogen-bond donors (Lipinski definition) is 1. The molecule has 1 aromatic rings. The second kappa shape index (κ2) is 8.40. The number of likely N-dealkylation sites (tertiary alicyclic amines) is 1. The van der Waals surface area contributed by atoms with E-state index >= 15 is 0 Å². The fraction of sp³-hybridized carbons (Fsp3) is 0.533. The van der Waals surface area contributed by atoms with Gasteiger partial charge in [-0.3, -0.25) is 4.99 Å². The zero-order chi connectivity index (χ0) is 12.8. The van der Waals surface area contributed by atoms with E-state index in [2.05, 4.69) is 41.1 Å². The van der Waals surface area contributed by atoms with Gasteiger partial charge in [0.25, 0.3) is 0 Å². The highest BCUT2D eigenvalue weighted by atomic mass is 127. The van der Waals surface area contributed by atoms with Gasteiger partial charge in [0.15, 0.2) is 5.96 Å². The Hall–Kier alpha value is -0.780. The predicted octanol–water partition coefficient (Wildman–Crippen LogP) is 2.96. The first-order chi connectivity index (χ1) is 8.77. The normalized spacial score (nSPS) is 16.1. The molecule has 0 saturated carbocycles. The van der Waals surface area contributed by atoms with E-state index in [4.69, 9.17) is 5.73 Å². The molecular formula is C15H24IN3. The van der Waals surface area contributed by atoms with E-state index in [1.165, 1.54) is 30.4 Å². The fourth-order valence-corrected chi connectivity index (χ4v) is 2.40. The van der Waals surface area contributed by atoms with Gasteiger partial charge in [0.05, 0.1) is 0 Å². The van der Waals surface area contributed by atoms with Gasteiger partial charge in [0.1, 0.15) is 0 Å². The molecule has 4 heteroatoms. The Morgan fingerprint density at radius 2 is 1.89 bits per heavy atom. The minimum absolute atomic E-state index is 0. The molecule has 1 fully saturated rings. The second-order valence-corrected chi connectivity index (χ2v) is 4.96. The molecule has 0 amide bonds. The number of halogens is 1. The minimum atomic E-state index is 0. The van der Waals surface area contributed by atoms with E-state index < -0.39 is 0 Å². The number of aryl methyl sites for hydroxylation is 1. The van der Waals surface area contributed by atoms with E-state index in [1.807, 2.05) is 0 Å². The highest BCUT2D eigenvalue weighted by Crippen LogP contribution is 2.09. The van der Waals surface area contributed by atoms with Crippen LogP contribution in [0.3, 0.4) is 0 Å². The van der Waals surface area contributed by atoms with Crippen molar-refractivity contribution in [1.29, 1.82) is 0 Å². The number of benzene rings is 1. The summed E-state index contributed by atoms with van der Waals surface area (Å²) in [4.78, 5) is 6.71. The molecule has 0 bridgehead atoms. The predicted molar refractivity (Wildman–Crippen MR) is 92.2 cm³/mol. The van der Waals surface area contributed by atoms with E-state index in [1.54, 1.807) is 0 Å². The topological polar surface area (TPSA) is 41.6 Å². The minimum Gasteiger partial charge on any atom is -0.370 e. The number of hydrogen-bond acceptors (Lipinski definition) is 1. The quantitative estimate of drug-likeness (QED) is 0.503. The van der Waals surface area contributed by atoms with E-state index in [0.29, 0.717) is 0 Å². The molecule has 1 heterocycles. The molecule has 2 rings (SSSR count). The average molecular weight is 373 g/mol. The van der Waals surface area contributed by atoms with Crippen LogP contribution in [-0.4, -0.2) is 30.5 Å². The van der Waals surface area contributed by atoms with Crippen molar-refractivity contribution in [3.05, 3.63) is 35.4 Å². The van der Waals surface area contributed by atoms with Gasteiger partial charge in [-0.25, -0.2) is 0 Å². The molecule has 0 atom stereocenters. The van der Waals surface area contributed by atoms with Crippen LogP contribution in [0.5, 0.6) is 0 Å². The summed E-state index contributed by atoms with van der Waals surface area (Å²) in [7, 11) is 0. The summed E-state index contributed by atoms with van der Waals surface area (Å²) < 4.78 is 0. The lowest BCUT2D eigenvalue weighted by Gasteiger charge is -2.27. The van der Waals surface area contributed by atoms with E-state index in [-0.39, 0.29) is 24.0 Å². The van der Waals surface area contributed by atoms with Crippen molar-refractivity contribution in [1.82, 2.24) is 4.90 Å². The summed E-state index contributed by atoms with van der Waals surface area (Å²) in [5.74, 6) is 0.725. The van der Waals surface area contributed by atoms with Crippen LogP contribution >= 0.6 is 24.0 Å². The number of guanidine groups is 1. The Bertz CT molecular complexity index is 412. The Balaban J connectivity index is 0.00000180. The molecule has 1 aliphatic heterocycles. The molecule has 0 spiro atoms. The third-order valence-electron chi connectivity index (χ3n) is 3.60. The number of nitrogens with zero attached hydrogens (tertiary/aromatic N) is 2.